The summed E-state index contributed by atoms with van der Waals surface area (Å²) in [6.45, 7) is 4.29. The Kier molecular flexibility index (Phi) is 3.32. The van der Waals surface area contributed by atoms with Crippen LogP contribution in [0.2, 0.25) is 0 Å². The molecule has 20 heavy (non-hydrogen) atoms. The van der Waals surface area contributed by atoms with Crippen LogP contribution in [0.1, 0.15) is 47.9 Å². The first-order valence-electron chi connectivity index (χ1n) is 6.95. The molecule has 0 aromatic heterocycles. The van der Waals surface area contributed by atoms with Crippen LogP contribution in [0, 0.1) is 23.7 Å². The Labute approximate surface area is 120 Å². The van der Waals surface area contributed by atoms with Gasteiger partial charge in [-0.1, -0.05) is 47.9 Å². The lowest BCUT2D eigenvalue weighted by Gasteiger charge is -2.09. The number of rotatable bonds is 0. The van der Waals surface area contributed by atoms with Gasteiger partial charge in [-0.3, -0.25) is 0 Å². The zero-order chi connectivity index (χ0) is 13.9. The van der Waals surface area contributed by atoms with Crippen LogP contribution in [0.5, 0.6) is 0 Å². The lowest BCUT2D eigenvalue weighted by molar-refractivity contribution is 0.974. The largest absolute Gasteiger partial charge is 0.0900 e. The molecule has 4 aliphatic carbocycles. The van der Waals surface area contributed by atoms with Crippen molar-refractivity contribution >= 4 is 0 Å². The molecule has 2 aromatic rings. The monoisotopic (exact) mass is 256 g/mol. The van der Waals surface area contributed by atoms with Crippen LogP contribution in [0.3, 0.4) is 0 Å². The molecule has 2 aromatic carbocycles. The Morgan fingerprint density at radius 1 is 0.600 bits per heavy atom. The Morgan fingerprint density at radius 2 is 0.950 bits per heavy atom. The summed E-state index contributed by atoms with van der Waals surface area (Å²) < 4.78 is 0. The van der Waals surface area contributed by atoms with Crippen molar-refractivity contribution in [3.63, 3.8) is 0 Å². The molecule has 2 atom stereocenters. The molecule has 0 radical (unpaired) electrons. The number of hydrogen-bond donors (Lipinski definition) is 0. The van der Waals surface area contributed by atoms with Gasteiger partial charge in [-0.2, -0.15) is 0 Å². The minimum Gasteiger partial charge on any atom is -0.0900 e. The maximum absolute atomic E-state index is 3.32. The van der Waals surface area contributed by atoms with E-state index >= 15 is 0 Å². The van der Waals surface area contributed by atoms with E-state index in [0.29, 0.717) is 0 Å². The maximum atomic E-state index is 3.32. The van der Waals surface area contributed by atoms with Crippen LogP contribution in [-0.2, 0) is 0 Å². The van der Waals surface area contributed by atoms with Crippen molar-refractivity contribution in [2.75, 3.05) is 0 Å². The molecule has 0 nitrogen and oxygen atoms in total. The van der Waals surface area contributed by atoms with E-state index in [1.165, 1.54) is 11.1 Å². The average Bonchev–Trinajstić information content (AvgIpc) is 2.51. The van der Waals surface area contributed by atoms with Crippen LogP contribution in [0.4, 0.5) is 0 Å². The van der Waals surface area contributed by atoms with E-state index in [9.17, 15) is 0 Å². The predicted molar refractivity (Wildman–Crippen MR) is 83.5 cm³/mol. The van der Waals surface area contributed by atoms with Gasteiger partial charge >= 0.3 is 0 Å². The summed E-state index contributed by atoms with van der Waals surface area (Å²) >= 11 is 0. The fourth-order valence-electron chi connectivity index (χ4n) is 2.26. The molecule has 0 amide bonds. The van der Waals surface area contributed by atoms with Crippen LogP contribution in [0.15, 0.2) is 48.5 Å². The van der Waals surface area contributed by atoms with E-state index in [0.717, 1.165) is 11.1 Å². The van der Waals surface area contributed by atoms with E-state index < -0.39 is 0 Å². The van der Waals surface area contributed by atoms with Gasteiger partial charge in [0.05, 0.1) is 0 Å². The molecule has 0 saturated heterocycles. The Balaban J connectivity index is 2.13. The van der Waals surface area contributed by atoms with Crippen LogP contribution in [0.25, 0.3) is 0 Å². The second kappa shape index (κ2) is 5.28. The molecule has 0 N–H and O–H groups in total. The third-order valence-corrected chi connectivity index (χ3v) is 3.69. The van der Waals surface area contributed by atoms with Gasteiger partial charge in [0.15, 0.2) is 0 Å². The van der Waals surface area contributed by atoms with Crippen LogP contribution < -0.4 is 0 Å². The van der Waals surface area contributed by atoms with Crippen molar-refractivity contribution in [2.45, 2.75) is 25.7 Å². The molecule has 0 fully saturated rings. The highest BCUT2D eigenvalue weighted by atomic mass is 14.1. The van der Waals surface area contributed by atoms with Crippen LogP contribution in [-0.4, -0.2) is 0 Å². The number of hydrogen-bond acceptors (Lipinski definition) is 0. The third-order valence-electron chi connectivity index (χ3n) is 3.69. The summed E-state index contributed by atoms with van der Waals surface area (Å²) in [5.41, 5.74) is 4.61. The zero-order valence-corrected chi connectivity index (χ0v) is 11.8. The normalized spacial score (nSPS) is 19.5. The minimum absolute atomic E-state index is 0.244. The highest BCUT2D eigenvalue weighted by Crippen LogP contribution is 2.20. The first kappa shape index (κ1) is 12.6. The van der Waals surface area contributed by atoms with E-state index in [2.05, 4.69) is 61.8 Å². The molecule has 0 spiro atoms. The van der Waals surface area contributed by atoms with Gasteiger partial charge in [0, 0.05) is 23.0 Å². The van der Waals surface area contributed by atoms with Crippen molar-refractivity contribution in [2.24, 2.45) is 0 Å². The Morgan fingerprint density at radius 3 is 1.30 bits per heavy atom. The first-order chi connectivity index (χ1) is 9.72. The molecule has 0 saturated carbocycles. The third kappa shape index (κ3) is 2.61. The second-order valence-corrected chi connectivity index (χ2v) is 5.23. The van der Waals surface area contributed by atoms with Crippen molar-refractivity contribution in [1.29, 1.82) is 0 Å². The first-order valence-corrected chi connectivity index (χ1v) is 6.95. The summed E-state index contributed by atoms with van der Waals surface area (Å²) in [6, 6.07) is 16.8. The van der Waals surface area contributed by atoms with Gasteiger partial charge in [-0.05, 0) is 49.2 Å². The number of benzene rings is 2. The van der Waals surface area contributed by atoms with Gasteiger partial charge < -0.3 is 0 Å². The standard InChI is InChI=1S/C20H16/c1-15-3-5-17-7-9-18(10-8-17)6-4-16(2)20-13-11-19(15)12-14-20/h7-16H,1-2H3. The molecule has 4 aliphatic rings. The van der Waals surface area contributed by atoms with E-state index in [1.807, 2.05) is 24.3 Å². The lowest BCUT2D eigenvalue weighted by atomic mass is 9.95. The summed E-state index contributed by atoms with van der Waals surface area (Å²) in [6.07, 6.45) is 0. The fraction of sp³-hybridized carbons (Fsp3) is 0.200. The Hall–Kier alpha value is -2.44. The summed E-state index contributed by atoms with van der Waals surface area (Å²) in [7, 11) is 0. The SMILES string of the molecule is CC1C#Cc2ccc(cc2)C#CC(C)c2ccc1cc2. The minimum atomic E-state index is 0.244. The van der Waals surface area contributed by atoms with Gasteiger partial charge in [0.25, 0.3) is 0 Å². The van der Waals surface area contributed by atoms with Crippen molar-refractivity contribution in [1.82, 2.24) is 0 Å². The van der Waals surface area contributed by atoms with Gasteiger partial charge in [-0.25, -0.2) is 0 Å². The summed E-state index contributed by atoms with van der Waals surface area (Å²) in [5, 5.41) is 0. The van der Waals surface area contributed by atoms with E-state index in [4.69, 9.17) is 0 Å². The molecule has 96 valence electrons. The van der Waals surface area contributed by atoms with Gasteiger partial charge in [0.2, 0.25) is 0 Å². The topological polar surface area (TPSA) is 0 Å². The zero-order valence-electron chi connectivity index (χ0n) is 11.8. The maximum Gasteiger partial charge on any atom is 0.0427 e. The fourth-order valence-corrected chi connectivity index (χ4v) is 2.26. The lowest BCUT2D eigenvalue weighted by Crippen LogP contribution is -1.94. The predicted octanol–water partition coefficient (Wildman–Crippen LogP) is 4.31. The molecule has 0 heteroatoms. The van der Waals surface area contributed by atoms with Crippen molar-refractivity contribution in [3.8, 4) is 23.7 Å². The molecule has 0 heterocycles. The molecule has 4 bridgehead atoms. The quantitative estimate of drug-likeness (QED) is 0.616. The van der Waals surface area contributed by atoms with Crippen molar-refractivity contribution < 1.29 is 0 Å². The molecular weight excluding hydrogens is 240 g/mol. The molecule has 2 unspecified atom stereocenters. The molecule has 0 aliphatic heterocycles. The van der Waals surface area contributed by atoms with Crippen LogP contribution >= 0.6 is 0 Å². The molecular formula is C20H16. The van der Waals surface area contributed by atoms with E-state index in [-0.39, 0.29) is 11.8 Å². The highest BCUT2D eigenvalue weighted by Gasteiger charge is 2.05. The summed E-state index contributed by atoms with van der Waals surface area (Å²) in [5.74, 6) is 13.6. The second-order valence-electron chi connectivity index (χ2n) is 5.23. The summed E-state index contributed by atoms with van der Waals surface area (Å²) in [4.78, 5) is 0. The van der Waals surface area contributed by atoms with E-state index in [1.54, 1.807) is 0 Å². The average molecular weight is 256 g/mol. The van der Waals surface area contributed by atoms with Gasteiger partial charge in [0.1, 0.15) is 0 Å². The highest BCUT2D eigenvalue weighted by molar-refractivity contribution is 5.45. The smallest absolute Gasteiger partial charge is 0.0427 e. The van der Waals surface area contributed by atoms with Gasteiger partial charge in [-0.15, -0.1) is 0 Å². The molecule has 6 rings (SSSR count). The Bertz CT molecular complexity index is 659. The van der Waals surface area contributed by atoms with Crippen molar-refractivity contribution in [3.05, 3.63) is 70.8 Å².